The Labute approximate surface area is 136 Å². The summed E-state index contributed by atoms with van der Waals surface area (Å²) in [5.74, 6) is 0.587. The number of carbonyl (C=O) groups excluding carboxylic acids is 2. The number of rotatable bonds is 8. The molecule has 0 aliphatic heterocycles. The van der Waals surface area contributed by atoms with Crippen LogP contribution in [0.4, 0.5) is 5.69 Å². The highest BCUT2D eigenvalue weighted by Gasteiger charge is 2.15. The van der Waals surface area contributed by atoms with Crippen LogP contribution < -0.4 is 11.1 Å². The van der Waals surface area contributed by atoms with Crippen molar-refractivity contribution in [2.24, 2.45) is 5.73 Å². The van der Waals surface area contributed by atoms with Crippen molar-refractivity contribution in [3.05, 3.63) is 29.8 Å². The number of amides is 2. The van der Waals surface area contributed by atoms with Crippen molar-refractivity contribution in [2.45, 2.75) is 26.3 Å². The van der Waals surface area contributed by atoms with E-state index in [0.29, 0.717) is 30.8 Å². The van der Waals surface area contributed by atoms with Crippen LogP contribution in [0.25, 0.3) is 0 Å². The fourth-order valence-corrected chi connectivity index (χ4v) is 2.52. The lowest BCUT2D eigenvalue weighted by molar-refractivity contribution is -0.117. The fourth-order valence-electron chi connectivity index (χ4n) is 2.03. The summed E-state index contributed by atoms with van der Waals surface area (Å²) in [5.41, 5.74) is 7.01. The molecule has 1 aromatic rings. The molecule has 0 aromatic heterocycles. The normalized spacial score (nSPS) is 11.8. The molecule has 0 radical (unpaired) electrons. The lowest BCUT2D eigenvalue weighted by Gasteiger charge is -2.19. The summed E-state index contributed by atoms with van der Waals surface area (Å²) in [7, 11) is 0. The quantitative estimate of drug-likeness (QED) is 0.769. The van der Waals surface area contributed by atoms with Gasteiger partial charge >= 0.3 is 0 Å². The molecule has 1 atom stereocenters. The number of benzene rings is 1. The van der Waals surface area contributed by atoms with Gasteiger partial charge in [0.25, 0.3) is 5.91 Å². The summed E-state index contributed by atoms with van der Waals surface area (Å²) in [4.78, 5) is 26.1. The SMILES string of the molecule is CCN(CC)C(=O)c1cccc(NC(=O)[C@@H](N)CCSC)c1. The van der Waals surface area contributed by atoms with Crippen LogP contribution in [-0.2, 0) is 4.79 Å². The van der Waals surface area contributed by atoms with E-state index in [2.05, 4.69) is 5.32 Å². The molecule has 0 unspecified atom stereocenters. The molecule has 0 saturated carbocycles. The molecule has 6 heteroatoms. The molecule has 0 saturated heterocycles. The van der Waals surface area contributed by atoms with Crippen molar-refractivity contribution in [3.8, 4) is 0 Å². The van der Waals surface area contributed by atoms with E-state index in [1.807, 2.05) is 20.1 Å². The molecule has 1 rings (SSSR count). The van der Waals surface area contributed by atoms with E-state index in [-0.39, 0.29) is 11.8 Å². The number of hydrogen-bond donors (Lipinski definition) is 2. The standard InChI is InChI=1S/C16H25N3O2S/c1-4-19(5-2)16(21)12-7-6-8-13(11-12)18-15(20)14(17)9-10-22-3/h6-8,11,14H,4-5,9-10,17H2,1-3H3,(H,18,20)/t14-/m0/s1. The van der Waals surface area contributed by atoms with Gasteiger partial charge in [0.15, 0.2) is 0 Å². The summed E-state index contributed by atoms with van der Waals surface area (Å²) in [6, 6.07) is 6.44. The van der Waals surface area contributed by atoms with Crippen molar-refractivity contribution < 1.29 is 9.59 Å². The Balaban J connectivity index is 2.76. The highest BCUT2D eigenvalue weighted by Crippen LogP contribution is 2.13. The molecule has 22 heavy (non-hydrogen) atoms. The monoisotopic (exact) mass is 323 g/mol. The van der Waals surface area contributed by atoms with Crippen molar-refractivity contribution in [1.29, 1.82) is 0 Å². The first-order valence-electron chi connectivity index (χ1n) is 7.48. The molecule has 122 valence electrons. The molecule has 1 aromatic carbocycles. The van der Waals surface area contributed by atoms with Crippen LogP contribution >= 0.6 is 11.8 Å². The van der Waals surface area contributed by atoms with Gasteiger partial charge in [0.05, 0.1) is 6.04 Å². The largest absolute Gasteiger partial charge is 0.339 e. The van der Waals surface area contributed by atoms with Gasteiger partial charge in [0, 0.05) is 24.3 Å². The second-order valence-corrected chi connectivity index (χ2v) is 5.92. The van der Waals surface area contributed by atoms with Gasteiger partial charge in [-0.2, -0.15) is 11.8 Å². The van der Waals surface area contributed by atoms with E-state index < -0.39 is 6.04 Å². The van der Waals surface area contributed by atoms with E-state index in [4.69, 9.17) is 5.73 Å². The molecule has 0 aliphatic rings. The van der Waals surface area contributed by atoms with Gasteiger partial charge in [-0.05, 0) is 50.5 Å². The van der Waals surface area contributed by atoms with E-state index in [9.17, 15) is 9.59 Å². The molecular formula is C16H25N3O2S. The van der Waals surface area contributed by atoms with Gasteiger partial charge in [0.2, 0.25) is 5.91 Å². The number of nitrogens with one attached hydrogen (secondary N) is 1. The van der Waals surface area contributed by atoms with E-state index in [0.717, 1.165) is 5.75 Å². The van der Waals surface area contributed by atoms with Gasteiger partial charge in [-0.3, -0.25) is 9.59 Å². The van der Waals surface area contributed by atoms with Crippen LogP contribution in [0.3, 0.4) is 0 Å². The Bertz CT molecular complexity index is 504. The number of nitrogens with zero attached hydrogens (tertiary/aromatic N) is 1. The van der Waals surface area contributed by atoms with Crippen LogP contribution in [-0.4, -0.2) is 47.9 Å². The van der Waals surface area contributed by atoms with Gasteiger partial charge in [-0.1, -0.05) is 6.07 Å². The molecule has 0 fully saturated rings. The van der Waals surface area contributed by atoms with Gasteiger partial charge < -0.3 is 16.0 Å². The number of nitrogens with two attached hydrogens (primary N) is 1. The summed E-state index contributed by atoms with van der Waals surface area (Å²) in [5, 5.41) is 2.78. The van der Waals surface area contributed by atoms with Gasteiger partial charge in [-0.25, -0.2) is 0 Å². The first kappa shape index (κ1) is 18.5. The lowest BCUT2D eigenvalue weighted by atomic mass is 10.1. The van der Waals surface area contributed by atoms with Crippen LogP contribution in [0.15, 0.2) is 24.3 Å². The third-order valence-electron chi connectivity index (χ3n) is 3.40. The molecule has 0 bridgehead atoms. The second kappa shape index (κ2) is 9.48. The van der Waals surface area contributed by atoms with Crippen molar-refractivity contribution >= 4 is 29.3 Å². The summed E-state index contributed by atoms with van der Waals surface area (Å²) >= 11 is 1.66. The highest BCUT2D eigenvalue weighted by molar-refractivity contribution is 7.98. The minimum Gasteiger partial charge on any atom is -0.339 e. The maximum atomic E-state index is 12.3. The van der Waals surface area contributed by atoms with E-state index in [1.54, 1.807) is 40.9 Å². The summed E-state index contributed by atoms with van der Waals surface area (Å²) < 4.78 is 0. The topological polar surface area (TPSA) is 75.4 Å². The van der Waals surface area contributed by atoms with Crippen molar-refractivity contribution in [1.82, 2.24) is 4.90 Å². The van der Waals surface area contributed by atoms with E-state index in [1.165, 1.54) is 0 Å². The average Bonchev–Trinajstić information content (AvgIpc) is 2.53. The zero-order valence-electron chi connectivity index (χ0n) is 13.5. The number of hydrogen-bond acceptors (Lipinski definition) is 4. The Morgan fingerprint density at radius 1 is 1.32 bits per heavy atom. The maximum absolute atomic E-state index is 12.3. The zero-order chi connectivity index (χ0) is 16.5. The number of carbonyl (C=O) groups is 2. The van der Waals surface area contributed by atoms with Crippen molar-refractivity contribution in [3.63, 3.8) is 0 Å². The molecule has 3 N–H and O–H groups in total. The second-order valence-electron chi connectivity index (χ2n) is 4.94. The molecular weight excluding hydrogens is 298 g/mol. The fraction of sp³-hybridized carbons (Fsp3) is 0.500. The average molecular weight is 323 g/mol. The van der Waals surface area contributed by atoms with Gasteiger partial charge in [0.1, 0.15) is 0 Å². The Hall–Kier alpha value is -1.53. The molecule has 0 heterocycles. The molecule has 2 amide bonds. The molecule has 5 nitrogen and oxygen atoms in total. The zero-order valence-corrected chi connectivity index (χ0v) is 14.3. The third kappa shape index (κ3) is 5.35. The summed E-state index contributed by atoms with van der Waals surface area (Å²) in [6.45, 7) is 5.20. The maximum Gasteiger partial charge on any atom is 0.253 e. The van der Waals surface area contributed by atoms with Crippen LogP contribution in [0, 0.1) is 0 Å². The number of anilines is 1. The minimum atomic E-state index is -0.533. The third-order valence-corrected chi connectivity index (χ3v) is 4.04. The van der Waals surface area contributed by atoms with Crippen molar-refractivity contribution in [2.75, 3.05) is 30.4 Å². The van der Waals surface area contributed by atoms with Crippen LogP contribution in [0.2, 0.25) is 0 Å². The van der Waals surface area contributed by atoms with Crippen LogP contribution in [0.5, 0.6) is 0 Å². The number of thioether (sulfide) groups is 1. The predicted octanol–water partition coefficient (Wildman–Crippen LogP) is 2.19. The molecule has 0 aliphatic carbocycles. The first-order valence-corrected chi connectivity index (χ1v) is 8.87. The van der Waals surface area contributed by atoms with Crippen LogP contribution in [0.1, 0.15) is 30.6 Å². The Morgan fingerprint density at radius 2 is 2.00 bits per heavy atom. The minimum absolute atomic E-state index is 0.0345. The predicted molar refractivity (Wildman–Crippen MR) is 93.3 cm³/mol. The Kier molecular flexibility index (Phi) is 7.98. The van der Waals surface area contributed by atoms with Gasteiger partial charge in [-0.15, -0.1) is 0 Å². The smallest absolute Gasteiger partial charge is 0.253 e. The molecule has 0 spiro atoms. The highest BCUT2D eigenvalue weighted by atomic mass is 32.2. The first-order chi connectivity index (χ1) is 10.5. The lowest BCUT2D eigenvalue weighted by Crippen LogP contribution is -2.36. The Morgan fingerprint density at radius 3 is 2.59 bits per heavy atom. The summed E-state index contributed by atoms with van der Waals surface area (Å²) in [6.07, 6.45) is 2.61. The van der Waals surface area contributed by atoms with E-state index >= 15 is 0 Å².